The number of amides is 3. The fourth-order valence-corrected chi connectivity index (χ4v) is 3.22. The van der Waals surface area contributed by atoms with Crippen LogP contribution in [0.2, 0.25) is 0 Å². The molecule has 28 heavy (non-hydrogen) atoms. The molecule has 1 aromatic rings. The molecule has 6 nitrogen and oxygen atoms in total. The van der Waals surface area contributed by atoms with Crippen molar-refractivity contribution in [2.45, 2.75) is 39.7 Å². The van der Waals surface area contributed by atoms with Crippen molar-refractivity contribution in [2.75, 3.05) is 20.1 Å². The summed E-state index contributed by atoms with van der Waals surface area (Å²) in [7, 11) is 1.40. The summed E-state index contributed by atoms with van der Waals surface area (Å²) in [6.07, 6.45) is 0.956. The molecule has 1 fully saturated rings. The van der Waals surface area contributed by atoms with E-state index in [9.17, 15) is 23.2 Å². The average Bonchev–Trinajstić information content (AvgIpc) is 2.66. The Bertz CT molecular complexity index is 754. The van der Waals surface area contributed by atoms with E-state index in [-0.39, 0.29) is 23.3 Å². The number of nitrogens with zero attached hydrogens (tertiary/aromatic N) is 1. The van der Waals surface area contributed by atoms with Crippen molar-refractivity contribution >= 4 is 17.7 Å². The zero-order valence-corrected chi connectivity index (χ0v) is 16.6. The molecule has 0 spiro atoms. The molecule has 2 rings (SSSR count). The quantitative estimate of drug-likeness (QED) is 0.820. The Kier molecular flexibility index (Phi) is 6.74. The molecule has 1 unspecified atom stereocenters. The van der Waals surface area contributed by atoms with Gasteiger partial charge in [-0.3, -0.25) is 14.4 Å². The largest absolute Gasteiger partial charge is 0.357 e. The molecule has 1 aliphatic heterocycles. The lowest BCUT2D eigenvalue weighted by atomic mass is 9.90. The van der Waals surface area contributed by atoms with Gasteiger partial charge in [-0.25, -0.2) is 8.78 Å². The van der Waals surface area contributed by atoms with E-state index in [2.05, 4.69) is 10.6 Å². The van der Waals surface area contributed by atoms with Gasteiger partial charge in [-0.05, 0) is 30.5 Å². The number of likely N-dealkylation sites (N-methyl/N-ethyl adjacent to an activating group) is 1. The van der Waals surface area contributed by atoms with Gasteiger partial charge in [0, 0.05) is 31.5 Å². The van der Waals surface area contributed by atoms with E-state index >= 15 is 0 Å². The highest BCUT2D eigenvalue weighted by Crippen LogP contribution is 2.25. The maximum Gasteiger partial charge on any atom is 0.246 e. The van der Waals surface area contributed by atoms with Crippen LogP contribution in [0.5, 0.6) is 0 Å². The van der Waals surface area contributed by atoms with Crippen LogP contribution >= 0.6 is 0 Å². The van der Waals surface area contributed by atoms with Crippen molar-refractivity contribution in [3.8, 4) is 0 Å². The van der Waals surface area contributed by atoms with Gasteiger partial charge in [-0.1, -0.05) is 26.8 Å². The van der Waals surface area contributed by atoms with E-state index in [1.807, 2.05) is 20.8 Å². The molecule has 0 saturated carbocycles. The lowest BCUT2D eigenvalue weighted by Gasteiger charge is -2.35. The summed E-state index contributed by atoms with van der Waals surface area (Å²) in [5, 5.41) is 5.05. The van der Waals surface area contributed by atoms with E-state index < -0.39 is 29.0 Å². The van der Waals surface area contributed by atoms with Crippen LogP contribution in [0.4, 0.5) is 8.78 Å². The highest BCUT2D eigenvalue weighted by Gasteiger charge is 2.33. The van der Waals surface area contributed by atoms with Gasteiger partial charge < -0.3 is 15.5 Å². The monoisotopic (exact) mass is 395 g/mol. The molecule has 1 atom stereocenters. The van der Waals surface area contributed by atoms with Crippen LogP contribution in [0.3, 0.4) is 0 Å². The predicted molar refractivity (Wildman–Crippen MR) is 100 cm³/mol. The molecule has 0 bridgehead atoms. The molecule has 8 heteroatoms. The SMILES string of the molecule is CNC(=O)C(NC(=O)C1CCN(C(=O)C(C)(C)C)CC1)c1ccc(F)c(F)c1. The number of carbonyl (C=O) groups is 3. The molecule has 1 saturated heterocycles. The van der Waals surface area contributed by atoms with E-state index in [0.717, 1.165) is 12.1 Å². The van der Waals surface area contributed by atoms with Crippen molar-refractivity contribution in [1.29, 1.82) is 0 Å². The van der Waals surface area contributed by atoms with Gasteiger partial charge in [0.2, 0.25) is 17.7 Å². The Balaban J connectivity index is 2.05. The van der Waals surface area contributed by atoms with Crippen LogP contribution in [0, 0.1) is 23.0 Å². The van der Waals surface area contributed by atoms with Crippen LogP contribution in [0.15, 0.2) is 18.2 Å². The molecule has 1 aromatic carbocycles. The predicted octanol–water partition coefficient (Wildman–Crippen LogP) is 2.15. The molecular weight excluding hydrogens is 368 g/mol. The number of rotatable bonds is 4. The van der Waals surface area contributed by atoms with Gasteiger partial charge in [-0.2, -0.15) is 0 Å². The Morgan fingerprint density at radius 3 is 2.21 bits per heavy atom. The number of likely N-dealkylation sites (tertiary alicyclic amines) is 1. The second-order valence-electron chi connectivity index (χ2n) is 8.05. The average molecular weight is 395 g/mol. The highest BCUT2D eigenvalue weighted by molar-refractivity contribution is 5.89. The Morgan fingerprint density at radius 1 is 1.11 bits per heavy atom. The first-order chi connectivity index (χ1) is 13.0. The summed E-state index contributed by atoms with van der Waals surface area (Å²) in [4.78, 5) is 38.9. The number of benzene rings is 1. The number of halogens is 2. The second kappa shape index (κ2) is 8.67. The third-order valence-electron chi connectivity index (χ3n) is 4.87. The number of carbonyl (C=O) groups excluding carboxylic acids is 3. The van der Waals surface area contributed by atoms with E-state index in [1.54, 1.807) is 4.90 Å². The first-order valence-electron chi connectivity index (χ1n) is 9.31. The van der Waals surface area contributed by atoms with Crippen molar-refractivity contribution < 1.29 is 23.2 Å². The number of hydrogen-bond donors (Lipinski definition) is 2. The summed E-state index contributed by atoms with van der Waals surface area (Å²) in [5.74, 6) is -3.31. The van der Waals surface area contributed by atoms with Gasteiger partial charge in [0.15, 0.2) is 11.6 Å². The first kappa shape index (κ1) is 21.8. The highest BCUT2D eigenvalue weighted by atomic mass is 19.2. The number of nitrogens with one attached hydrogen (secondary N) is 2. The molecule has 0 aliphatic carbocycles. The summed E-state index contributed by atoms with van der Waals surface area (Å²) >= 11 is 0. The minimum atomic E-state index is -1.12. The van der Waals surface area contributed by atoms with Gasteiger partial charge >= 0.3 is 0 Å². The zero-order valence-electron chi connectivity index (χ0n) is 16.6. The van der Waals surface area contributed by atoms with E-state index in [4.69, 9.17) is 0 Å². The summed E-state index contributed by atoms with van der Waals surface area (Å²) in [5.41, 5.74) is -0.321. The third kappa shape index (κ3) is 5.05. The summed E-state index contributed by atoms with van der Waals surface area (Å²) < 4.78 is 26.7. The standard InChI is InChI=1S/C20H27F2N3O3/c1-20(2,3)19(28)25-9-7-12(8-10-25)17(26)24-16(18(27)23-4)13-5-6-14(21)15(22)11-13/h5-6,11-12,16H,7-10H2,1-4H3,(H,23,27)(H,24,26). The lowest BCUT2D eigenvalue weighted by Crippen LogP contribution is -2.48. The van der Waals surface area contributed by atoms with Crippen LogP contribution in [-0.4, -0.2) is 42.8 Å². The van der Waals surface area contributed by atoms with Crippen LogP contribution < -0.4 is 10.6 Å². The fourth-order valence-electron chi connectivity index (χ4n) is 3.22. The van der Waals surface area contributed by atoms with Crippen molar-refractivity contribution in [3.63, 3.8) is 0 Å². The van der Waals surface area contributed by atoms with Crippen LogP contribution in [0.1, 0.15) is 45.2 Å². The normalized spacial score (nSPS) is 16.4. The van der Waals surface area contributed by atoms with Gasteiger partial charge in [0.1, 0.15) is 6.04 Å². The number of piperidine rings is 1. The number of hydrogen-bond acceptors (Lipinski definition) is 3. The van der Waals surface area contributed by atoms with Crippen LogP contribution in [-0.2, 0) is 14.4 Å². The molecule has 1 heterocycles. The molecule has 0 aromatic heterocycles. The summed E-state index contributed by atoms with van der Waals surface area (Å²) in [6.45, 7) is 6.48. The van der Waals surface area contributed by atoms with Crippen LogP contribution in [0.25, 0.3) is 0 Å². The Labute approximate surface area is 163 Å². The zero-order chi connectivity index (χ0) is 21.1. The summed E-state index contributed by atoms with van der Waals surface area (Å²) in [6, 6.07) is 1.97. The van der Waals surface area contributed by atoms with E-state index in [1.165, 1.54) is 13.1 Å². The van der Waals surface area contributed by atoms with Crippen molar-refractivity contribution in [3.05, 3.63) is 35.4 Å². The first-order valence-corrected chi connectivity index (χ1v) is 9.31. The second-order valence-corrected chi connectivity index (χ2v) is 8.05. The molecule has 2 N–H and O–H groups in total. The van der Waals surface area contributed by atoms with Gasteiger partial charge in [0.25, 0.3) is 0 Å². The fraction of sp³-hybridized carbons (Fsp3) is 0.550. The molecular formula is C20H27F2N3O3. The molecule has 154 valence electrons. The van der Waals surface area contributed by atoms with Gasteiger partial charge in [-0.15, -0.1) is 0 Å². The minimum Gasteiger partial charge on any atom is -0.357 e. The smallest absolute Gasteiger partial charge is 0.246 e. The molecule has 1 aliphatic rings. The van der Waals surface area contributed by atoms with Gasteiger partial charge in [0.05, 0.1) is 0 Å². The maximum absolute atomic E-state index is 13.6. The topological polar surface area (TPSA) is 78.5 Å². The molecule has 0 radical (unpaired) electrons. The van der Waals surface area contributed by atoms with Crippen molar-refractivity contribution in [1.82, 2.24) is 15.5 Å². The van der Waals surface area contributed by atoms with Crippen molar-refractivity contribution in [2.24, 2.45) is 11.3 Å². The van der Waals surface area contributed by atoms with E-state index in [0.29, 0.717) is 25.9 Å². The maximum atomic E-state index is 13.6. The molecule has 3 amide bonds. The Hall–Kier alpha value is -2.51. The lowest BCUT2D eigenvalue weighted by molar-refractivity contribution is -0.142. The third-order valence-corrected chi connectivity index (χ3v) is 4.87. The minimum absolute atomic E-state index is 0.0383. The Morgan fingerprint density at radius 2 is 1.71 bits per heavy atom.